The van der Waals surface area contributed by atoms with E-state index in [0.717, 1.165) is 39.9 Å². The number of nitrogens with two attached hydrogens (primary N) is 1. The van der Waals surface area contributed by atoms with Gasteiger partial charge in [0.15, 0.2) is 5.82 Å². The maximum absolute atomic E-state index is 6.44. The Morgan fingerprint density at radius 3 is 2.82 bits per heavy atom. The van der Waals surface area contributed by atoms with Crippen LogP contribution in [-0.4, -0.2) is 39.0 Å². The van der Waals surface area contributed by atoms with E-state index in [9.17, 15) is 0 Å². The van der Waals surface area contributed by atoms with Gasteiger partial charge in [-0.15, -0.1) is 0 Å². The standard InChI is InChI=1S/C20H20ClN7/c1-13(24-11-14-5-2-3-8-17(14)21)28-10-9-23-20(28)16-7-4-6-15(18(16)22)19-25-12-26-27-19/h2-8,12,24H,1,9-11,22H2,(H,25,26,27). The Labute approximate surface area is 168 Å². The molecule has 7 nitrogen and oxygen atoms in total. The lowest BCUT2D eigenvalue weighted by Gasteiger charge is -2.25. The number of anilines is 1. The molecule has 0 saturated heterocycles. The van der Waals surface area contributed by atoms with Crippen LogP contribution in [0.1, 0.15) is 11.1 Å². The normalized spacial score (nSPS) is 13.5. The second kappa shape index (κ2) is 7.74. The summed E-state index contributed by atoms with van der Waals surface area (Å²) in [5, 5.41) is 10.8. The Hall–Kier alpha value is -3.32. The number of aromatic amines is 1. The van der Waals surface area contributed by atoms with Crippen molar-refractivity contribution in [3.63, 3.8) is 0 Å². The van der Waals surface area contributed by atoms with Gasteiger partial charge in [0.05, 0.1) is 18.1 Å². The van der Waals surface area contributed by atoms with E-state index in [2.05, 4.69) is 32.1 Å². The van der Waals surface area contributed by atoms with Gasteiger partial charge in [0.1, 0.15) is 12.2 Å². The summed E-state index contributed by atoms with van der Waals surface area (Å²) in [4.78, 5) is 10.9. The van der Waals surface area contributed by atoms with Crippen molar-refractivity contribution < 1.29 is 0 Å². The van der Waals surface area contributed by atoms with Gasteiger partial charge >= 0.3 is 0 Å². The maximum atomic E-state index is 6.44. The number of hydrogen-bond acceptors (Lipinski definition) is 6. The molecule has 4 rings (SSSR count). The molecule has 4 N–H and O–H groups in total. The molecule has 1 aliphatic heterocycles. The summed E-state index contributed by atoms with van der Waals surface area (Å²) < 4.78 is 0. The zero-order valence-corrected chi connectivity index (χ0v) is 15.9. The van der Waals surface area contributed by atoms with Crippen molar-refractivity contribution >= 4 is 23.1 Å². The first-order chi connectivity index (χ1) is 13.6. The molecule has 1 aliphatic rings. The quantitative estimate of drug-likeness (QED) is 0.559. The molecule has 0 aliphatic carbocycles. The number of aromatic nitrogens is 3. The van der Waals surface area contributed by atoms with Gasteiger partial charge in [-0.25, -0.2) is 4.98 Å². The van der Waals surface area contributed by atoms with E-state index in [1.54, 1.807) is 0 Å². The molecule has 1 aromatic heterocycles. The predicted molar refractivity (Wildman–Crippen MR) is 112 cm³/mol. The molecule has 8 heteroatoms. The number of H-pyrrole nitrogens is 1. The molecule has 2 heterocycles. The fourth-order valence-electron chi connectivity index (χ4n) is 3.18. The minimum Gasteiger partial charge on any atom is -0.398 e. The maximum Gasteiger partial charge on any atom is 0.157 e. The molecule has 0 spiro atoms. The summed E-state index contributed by atoms with van der Waals surface area (Å²) in [7, 11) is 0. The fraction of sp³-hybridized carbons (Fsp3) is 0.150. The predicted octanol–water partition coefficient (Wildman–Crippen LogP) is 3.03. The van der Waals surface area contributed by atoms with Gasteiger partial charge in [0.2, 0.25) is 0 Å². The Bertz CT molecular complexity index is 1030. The number of nitrogens with zero attached hydrogens (tertiary/aromatic N) is 4. The highest BCUT2D eigenvalue weighted by atomic mass is 35.5. The van der Waals surface area contributed by atoms with Gasteiger partial charge in [-0.1, -0.05) is 42.4 Å². The number of rotatable bonds is 6. The summed E-state index contributed by atoms with van der Waals surface area (Å²) in [6, 6.07) is 13.5. The van der Waals surface area contributed by atoms with E-state index in [-0.39, 0.29) is 0 Å². The molecule has 2 aromatic carbocycles. The molecule has 142 valence electrons. The zero-order chi connectivity index (χ0) is 19.5. The van der Waals surface area contributed by atoms with Crippen molar-refractivity contribution in [2.75, 3.05) is 18.8 Å². The smallest absolute Gasteiger partial charge is 0.157 e. The first-order valence-corrected chi connectivity index (χ1v) is 9.25. The number of benzene rings is 2. The van der Waals surface area contributed by atoms with Crippen molar-refractivity contribution in [2.45, 2.75) is 6.54 Å². The Morgan fingerprint density at radius 2 is 2.04 bits per heavy atom. The van der Waals surface area contributed by atoms with Gasteiger partial charge in [-0.3, -0.25) is 10.1 Å². The second-order valence-electron chi connectivity index (χ2n) is 6.35. The van der Waals surface area contributed by atoms with Crippen LogP contribution in [0.15, 0.2) is 66.2 Å². The number of nitrogen functional groups attached to an aromatic ring is 1. The van der Waals surface area contributed by atoms with Gasteiger partial charge in [-0.05, 0) is 23.8 Å². The SMILES string of the molecule is C=C(NCc1ccccc1Cl)N1CCN=C1c1cccc(-c2ncn[nH]2)c1N. The van der Waals surface area contributed by atoms with Crippen LogP contribution in [0.2, 0.25) is 5.02 Å². The van der Waals surface area contributed by atoms with Crippen LogP contribution in [0, 0.1) is 0 Å². The molecule has 0 atom stereocenters. The largest absolute Gasteiger partial charge is 0.398 e. The average Bonchev–Trinajstić information content (AvgIpc) is 3.39. The number of para-hydroxylation sites is 1. The first-order valence-electron chi connectivity index (χ1n) is 8.88. The number of aliphatic imine (C=N–C) groups is 1. The number of halogens is 1. The van der Waals surface area contributed by atoms with Crippen molar-refractivity contribution in [3.05, 3.63) is 77.3 Å². The molecule has 0 saturated carbocycles. The fourth-order valence-corrected chi connectivity index (χ4v) is 3.38. The van der Waals surface area contributed by atoms with Crippen molar-refractivity contribution in [2.24, 2.45) is 4.99 Å². The van der Waals surface area contributed by atoms with Crippen molar-refractivity contribution in [1.82, 2.24) is 25.4 Å². The molecular weight excluding hydrogens is 374 g/mol. The third kappa shape index (κ3) is 3.44. The molecule has 0 amide bonds. The summed E-state index contributed by atoms with van der Waals surface area (Å²) in [5.74, 6) is 2.16. The van der Waals surface area contributed by atoms with E-state index in [4.69, 9.17) is 17.3 Å². The monoisotopic (exact) mass is 393 g/mol. The summed E-state index contributed by atoms with van der Waals surface area (Å²) in [6.45, 7) is 6.17. The van der Waals surface area contributed by atoms with E-state index < -0.39 is 0 Å². The molecule has 0 radical (unpaired) electrons. The Balaban J connectivity index is 1.55. The lowest BCUT2D eigenvalue weighted by Crippen LogP contribution is -2.34. The van der Waals surface area contributed by atoms with Gasteiger partial charge < -0.3 is 16.0 Å². The van der Waals surface area contributed by atoms with Crippen molar-refractivity contribution in [1.29, 1.82) is 0 Å². The molecule has 28 heavy (non-hydrogen) atoms. The van der Waals surface area contributed by atoms with Gasteiger partial charge in [-0.2, -0.15) is 5.10 Å². The lowest BCUT2D eigenvalue weighted by atomic mass is 10.1. The molecular formula is C20H20ClN7. The minimum atomic E-state index is 0.579. The van der Waals surface area contributed by atoms with Crippen molar-refractivity contribution in [3.8, 4) is 11.4 Å². The highest BCUT2D eigenvalue weighted by Crippen LogP contribution is 2.28. The van der Waals surface area contributed by atoms with E-state index in [0.29, 0.717) is 24.6 Å². The molecule has 3 aromatic rings. The third-order valence-electron chi connectivity index (χ3n) is 4.62. The minimum absolute atomic E-state index is 0.579. The zero-order valence-electron chi connectivity index (χ0n) is 15.2. The van der Waals surface area contributed by atoms with Crippen LogP contribution < -0.4 is 11.1 Å². The summed E-state index contributed by atoms with van der Waals surface area (Å²) >= 11 is 6.24. The third-order valence-corrected chi connectivity index (χ3v) is 4.99. The van der Waals surface area contributed by atoms with Crippen LogP contribution in [0.3, 0.4) is 0 Å². The summed E-state index contributed by atoms with van der Waals surface area (Å²) in [5.41, 5.74) is 9.68. The van der Waals surface area contributed by atoms with E-state index in [1.165, 1.54) is 6.33 Å². The first kappa shape index (κ1) is 18.1. The Morgan fingerprint density at radius 1 is 1.21 bits per heavy atom. The van der Waals surface area contributed by atoms with Gasteiger partial charge in [0, 0.05) is 29.2 Å². The van der Waals surface area contributed by atoms with Crippen LogP contribution in [0.4, 0.5) is 5.69 Å². The van der Waals surface area contributed by atoms with Crippen LogP contribution >= 0.6 is 11.6 Å². The van der Waals surface area contributed by atoms with Crippen LogP contribution in [-0.2, 0) is 6.54 Å². The van der Waals surface area contributed by atoms with Crippen LogP contribution in [0.25, 0.3) is 11.4 Å². The molecule has 0 unspecified atom stereocenters. The highest BCUT2D eigenvalue weighted by molar-refractivity contribution is 6.31. The van der Waals surface area contributed by atoms with E-state index >= 15 is 0 Å². The number of nitrogens with one attached hydrogen (secondary N) is 2. The van der Waals surface area contributed by atoms with Gasteiger partial charge in [0.25, 0.3) is 0 Å². The van der Waals surface area contributed by atoms with Crippen LogP contribution in [0.5, 0.6) is 0 Å². The summed E-state index contributed by atoms with van der Waals surface area (Å²) in [6.07, 6.45) is 1.46. The van der Waals surface area contributed by atoms with E-state index in [1.807, 2.05) is 47.4 Å². The molecule has 0 bridgehead atoms. The lowest BCUT2D eigenvalue weighted by molar-refractivity contribution is 0.505. The number of hydrogen-bond donors (Lipinski definition) is 3. The Kier molecular flexibility index (Phi) is 4.99. The topological polar surface area (TPSA) is 95.2 Å². The second-order valence-corrected chi connectivity index (χ2v) is 6.76. The molecule has 0 fully saturated rings. The number of amidine groups is 1. The average molecular weight is 394 g/mol. The highest BCUT2D eigenvalue weighted by Gasteiger charge is 2.24.